The smallest absolute Gasteiger partial charge is 0.312 e. The number of amides is 2. The second-order valence-electron chi connectivity index (χ2n) is 4.12. The third-order valence-electron chi connectivity index (χ3n) is 2.72. The van der Waals surface area contributed by atoms with Crippen molar-refractivity contribution in [2.24, 2.45) is 5.73 Å². The number of primary amides is 1. The van der Waals surface area contributed by atoms with Crippen molar-refractivity contribution in [1.29, 1.82) is 0 Å². The number of rotatable bonds is 6. The van der Waals surface area contributed by atoms with Crippen LogP contribution in [0.1, 0.15) is 11.7 Å². The summed E-state index contributed by atoms with van der Waals surface area (Å²) in [5.41, 5.74) is 5.67. The van der Waals surface area contributed by atoms with Crippen LogP contribution in [0.25, 0.3) is 0 Å². The number of hydrogen-bond acceptors (Lipinski definition) is 5. The van der Waals surface area contributed by atoms with E-state index in [0.717, 1.165) is 5.56 Å². The summed E-state index contributed by atoms with van der Waals surface area (Å²) in [6.07, 6.45) is -0.650. The number of nitrogens with one attached hydrogen (secondary N) is 2. The maximum absolute atomic E-state index is 10.4. The molecule has 0 saturated carbocycles. The maximum Gasteiger partial charge on any atom is 0.312 e. The third-order valence-corrected chi connectivity index (χ3v) is 2.72. The summed E-state index contributed by atoms with van der Waals surface area (Å²) in [4.78, 5) is 10.4. The van der Waals surface area contributed by atoms with Gasteiger partial charge in [0.1, 0.15) is 0 Å². The Morgan fingerprint density at radius 2 is 2.16 bits per heavy atom. The number of carbonyl (C=O) groups excluding carboxylic acids is 1. The quantitative estimate of drug-likeness (QED) is 0.530. The lowest BCUT2D eigenvalue weighted by Crippen LogP contribution is -2.36. The molecule has 19 heavy (non-hydrogen) atoms. The van der Waals surface area contributed by atoms with Crippen LogP contribution < -0.4 is 25.8 Å². The highest BCUT2D eigenvalue weighted by atomic mass is 16.7. The monoisotopic (exact) mass is 267 g/mol. The van der Waals surface area contributed by atoms with Crippen LogP contribution >= 0.6 is 0 Å². The molecular weight excluding hydrogens is 250 g/mol. The van der Waals surface area contributed by atoms with Crippen LogP contribution in [0.2, 0.25) is 0 Å². The first-order valence-electron chi connectivity index (χ1n) is 5.98. The van der Waals surface area contributed by atoms with Gasteiger partial charge in [-0.1, -0.05) is 6.07 Å². The van der Waals surface area contributed by atoms with E-state index in [1.807, 2.05) is 0 Å². The highest BCUT2D eigenvalue weighted by Crippen LogP contribution is 2.33. The van der Waals surface area contributed by atoms with Crippen LogP contribution in [0.15, 0.2) is 18.2 Å². The molecule has 104 valence electrons. The van der Waals surface area contributed by atoms with Crippen LogP contribution in [0.4, 0.5) is 4.79 Å². The summed E-state index contributed by atoms with van der Waals surface area (Å²) in [5, 5.41) is 15.5. The Bertz CT molecular complexity index is 453. The molecule has 2 amide bonds. The second-order valence-corrected chi connectivity index (χ2v) is 4.12. The maximum atomic E-state index is 10.4. The van der Waals surface area contributed by atoms with Crippen LogP contribution in [0.3, 0.4) is 0 Å². The van der Waals surface area contributed by atoms with Crippen molar-refractivity contribution in [1.82, 2.24) is 10.6 Å². The first-order valence-corrected chi connectivity index (χ1v) is 5.98. The summed E-state index contributed by atoms with van der Waals surface area (Å²) in [6.45, 7) is 1.54. The number of fused-ring (bicyclic) bond motifs is 1. The van der Waals surface area contributed by atoms with Crippen molar-refractivity contribution in [3.8, 4) is 11.5 Å². The van der Waals surface area contributed by atoms with E-state index in [1.165, 1.54) is 0 Å². The SMILES string of the molecule is NC(=O)NCCNCC(O)c1ccc2c(c1)OCO2. The summed E-state index contributed by atoms with van der Waals surface area (Å²) in [7, 11) is 0. The average molecular weight is 267 g/mol. The van der Waals surface area contributed by atoms with E-state index in [0.29, 0.717) is 31.1 Å². The second kappa shape index (κ2) is 6.26. The number of aliphatic hydroxyl groups excluding tert-OH is 1. The Morgan fingerprint density at radius 3 is 2.95 bits per heavy atom. The zero-order chi connectivity index (χ0) is 13.7. The molecular formula is C12H17N3O4. The Balaban J connectivity index is 1.77. The van der Waals surface area contributed by atoms with Gasteiger partial charge in [-0.2, -0.15) is 0 Å². The van der Waals surface area contributed by atoms with Crippen molar-refractivity contribution < 1.29 is 19.4 Å². The Labute approximate surface area is 110 Å². The van der Waals surface area contributed by atoms with Gasteiger partial charge in [-0.25, -0.2) is 4.79 Å². The average Bonchev–Trinajstić information content (AvgIpc) is 2.84. The predicted octanol–water partition coefficient (Wildman–Crippen LogP) is -0.293. The first-order chi connectivity index (χ1) is 9.16. The fraction of sp³-hybridized carbons (Fsp3) is 0.417. The standard InChI is InChI=1S/C12H17N3O4/c13-12(17)15-4-3-14-6-9(16)8-1-2-10-11(5-8)19-7-18-10/h1-2,5,9,14,16H,3-4,6-7H2,(H3,13,15,17). The van der Waals surface area contributed by atoms with Gasteiger partial charge >= 0.3 is 6.03 Å². The van der Waals surface area contributed by atoms with Gasteiger partial charge in [0.2, 0.25) is 6.79 Å². The van der Waals surface area contributed by atoms with Crippen LogP contribution in [-0.2, 0) is 0 Å². The van der Waals surface area contributed by atoms with Crippen molar-refractivity contribution in [2.45, 2.75) is 6.10 Å². The van der Waals surface area contributed by atoms with Gasteiger partial charge in [0.15, 0.2) is 11.5 Å². The summed E-state index contributed by atoms with van der Waals surface area (Å²) in [6, 6.07) is 4.77. The normalized spacial score (nSPS) is 14.2. The van der Waals surface area contributed by atoms with E-state index in [9.17, 15) is 9.90 Å². The van der Waals surface area contributed by atoms with Crippen molar-refractivity contribution >= 4 is 6.03 Å². The molecule has 2 rings (SSSR count). The number of nitrogens with two attached hydrogens (primary N) is 1. The summed E-state index contributed by atoms with van der Waals surface area (Å²) >= 11 is 0. The molecule has 1 aliphatic heterocycles. The van der Waals surface area contributed by atoms with Crippen LogP contribution in [-0.4, -0.2) is 37.6 Å². The number of aliphatic hydroxyl groups is 1. The molecule has 1 heterocycles. The minimum absolute atomic E-state index is 0.214. The Hall–Kier alpha value is -1.99. The lowest BCUT2D eigenvalue weighted by molar-refractivity contribution is 0.170. The fourth-order valence-electron chi connectivity index (χ4n) is 1.75. The lowest BCUT2D eigenvalue weighted by atomic mass is 10.1. The number of ether oxygens (including phenoxy) is 2. The highest BCUT2D eigenvalue weighted by Gasteiger charge is 2.16. The van der Waals surface area contributed by atoms with Gasteiger partial charge in [-0.15, -0.1) is 0 Å². The van der Waals surface area contributed by atoms with Gasteiger partial charge in [-0.05, 0) is 17.7 Å². The fourth-order valence-corrected chi connectivity index (χ4v) is 1.75. The summed E-state index contributed by atoms with van der Waals surface area (Å²) in [5.74, 6) is 1.33. The van der Waals surface area contributed by atoms with Gasteiger partial charge in [0, 0.05) is 19.6 Å². The lowest BCUT2D eigenvalue weighted by Gasteiger charge is -2.12. The van der Waals surface area contributed by atoms with Crippen LogP contribution in [0, 0.1) is 0 Å². The van der Waals surface area contributed by atoms with E-state index in [4.69, 9.17) is 15.2 Å². The van der Waals surface area contributed by atoms with Gasteiger partial charge < -0.3 is 30.9 Å². The minimum atomic E-state index is -0.650. The van der Waals surface area contributed by atoms with E-state index in [1.54, 1.807) is 18.2 Å². The predicted molar refractivity (Wildman–Crippen MR) is 68.0 cm³/mol. The molecule has 0 radical (unpaired) electrons. The zero-order valence-corrected chi connectivity index (χ0v) is 10.4. The third kappa shape index (κ3) is 3.73. The highest BCUT2D eigenvalue weighted by molar-refractivity contribution is 5.71. The summed E-state index contributed by atoms with van der Waals surface area (Å²) < 4.78 is 10.4. The molecule has 1 atom stereocenters. The van der Waals surface area contributed by atoms with Gasteiger partial charge in [0.25, 0.3) is 0 Å². The molecule has 0 aromatic heterocycles. The number of hydrogen-bond donors (Lipinski definition) is 4. The molecule has 1 aromatic rings. The van der Waals surface area contributed by atoms with Gasteiger partial charge in [-0.3, -0.25) is 0 Å². The van der Waals surface area contributed by atoms with E-state index in [-0.39, 0.29) is 6.79 Å². The molecule has 0 fully saturated rings. The van der Waals surface area contributed by atoms with Crippen molar-refractivity contribution in [3.05, 3.63) is 23.8 Å². The zero-order valence-electron chi connectivity index (χ0n) is 10.4. The molecule has 0 spiro atoms. The molecule has 1 aromatic carbocycles. The molecule has 5 N–H and O–H groups in total. The van der Waals surface area contributed by atoms with Gasteiger partial charge in [0.05, 0.1) is 6.10 Å². The number of carbonyl (C=O) groups is 1. The topological polar surface area (TPSA) is 106 Å². The molecule has 0 aliphatic carbocycles. The van der Waals surface area contributed by atoms with E-state index in [2.05, 4.69) is 10.6 Å². The molecule has 1 aliphatic rings. The molecule has 1 unspecified atom stereocenters. The minimum Gasteiger partial charge on any atom is -0.454 e. The van der Waals surface area contributed by atoms with E-state index < -0.39 is 12.1 Å². The number of benzene rings is 1. The van der Waals surface area contributed by atoms with Crippen molar-refractivity contribution in [2.75, 3.05) is 26.4 Å². The Kier molecular flexibility index (Phi) is 4.43. The van der Waals surface area contributed by atoms with E-state index >= 15 is 0 Å². The molecule has 7 nitrogen and oxygen atoms in total. The first kappa shape index (κ1) is 13.4. The molecule has 7 heteroatoms. The molecule has 0 bridgehead atoms. The number of urea groups is 1. The Morgan fingerprint density at radius 1 is 1.37 bits per heavy atom. The largest absolute Gasteiger partial charge is 0.454 e. The van der Waals surface area contributed by atoms with Crippen LogP contribution in [0.5, 0.6) is 11.5 Å². The van der Waals surface area contributed by atoms with Crippen molar-refractivity contribution in [3.63, 3.8) is 0 Å². The molecule has 0 saturated heterocycles.